The van der Waals surface area contributed by atoms with E-state index < -0.39 is 0 Å². The fourth-order valence-electron chi connectivity index (χ4n) is 3.11. The van der Waals surface area contributed by atoms with Gasteiger partial charge < -0.3 is 10.1 Å². The summed E-state index contributed by atoms with van der Waals surface area (Å²) in [7, 11) is 1.84. The molecule has 2 aromatic heterocycles. The Morgan fingerprint density at radius 1 is 1.14 bits per heavy atom. The van der Waals surface area contributed by atoms with E-state index in [-0.39, 0.29) is 5.91 Å². The lowest BCUT2D eigenvalue weighted by Crippen LogP contribution is -2.24. The number of fused-ring (bicyclic) bond motifs is 1. The summed E-state index contributed by atoms with van der Waals surface area (Å²) in [5, 5.41) is 8.50. The van der Waals surface area contributed by atoms with Crippen molar-refractivity contribution in [2.75, 3.05) is 0 Å². The van der Waals surface area contributed by atoms with E-state index in [0.29, 0.717) is 28.6 Å². The van der Waals surface area contributed by atoms with Gasteiger partial charge in [0.15, 0.2) is 0 Å². The lowest BCUT2D eigenvalue weighted by atomic mass is 10.1. The van der Waals surface area contributed by atoms with Crippen molar-refractivity contribution in [1.29, 1.82) is 0 Å². The van der Waals surface area contributed by atoms with E-state index in [4.69, 9.17) is 16.3 Å². The molecule has 0 aliphatic carbocycles. The van der Waals surface area contributed by atoms with Crippen LogP contribution in [-0.2, 0) is 13.6 Å². The molecule has 1 N–H and O–H groups in total. The Balaban J connectivity index is 1.58. The van der Waals surface area contributed by atoms with Gasteiger partial charge in [0.2, 0.25) is 0 Å². The number of hydrogen-bond acceptors (Lipinski definition) is 4. The second-order valence-electron chi connectivity index (χ2n) is 6.63. The number of nitrogens with one attached hydrogen (secondary N) is 1. The lowest BCUT2D eigenvalue weighted by molar-refractivity contribution is 0.0949. The summed E-state index contributed by atoms with van der Waals surface area (Å²) in [5.41, 5.74) is 2.99. The number of benzene rings is 2. The summed E-state index contributed by atoms with van der Waals surface area (Å²) < 4.78 is 7.88. The summed E-state index contributed by atoms with van der Waals surface area (Å²) in [6, 6.07) is 14.6. The molecule has 0 fully saturated rings. The first kappa shape index (κ1) is 19.0. The third kappa shape index (κ3) is 3.93. The summed E-state index contributed by atoms with van der Waals surface area (Å²) in [4.78, 5) is 17.0. The highest BCUT2D eigenvalue weighted by Gasteiger charge is 2.14. The topological polar surface area (TPSA) is 69.0 Å². The Morgan fingerprint density at radius 3 is 2.79 bits per heavy atom. The van der Waals surface area contributed by atoms with E-state index in [1.807, 2.05) is 38.2 Å². The fourth-order valence-corrected chi connectivity index (χ4v) is 3.28. The number of nitrogens with zero attached hydrogens (tertiary/aromatic N) is 3. The Bertz CT molecular complexity index is 1200. The van der Waals surface area contributed by atoms with Crippen LogP contribution in [0, 0.1) is 6.92 Å². The van der Waals surface area contributed by atoms with Gasteiger partial charge in [0, 0.05) is 41.0 Å². The first-order valence-electron chi connectivity index (χ1n) is 9.10. The number of halogens is 1. The highest BCUT2D eigenvalue weighted by Crippen LogP contribution is 2.32. The maximum atomic E-state index is 12.7. The molecule has 6 nitrogen and oxygen atoms in total. The average molecular weight is 407 g/mol. The fraction of sp³-hybridized carbons (Fsp3) is 0.136. The van der Waals surface area contributed by atoms with E-state index in [1.165, 1.54) is 0 Å². The molecule has 0 bridgehead atoms. The van der Waals surface area contributed by atoms with Crippen molar-refractivity contribution in [3.05, 3.63) is 82.8 Å². The minimum absolute atomic E-state index is 0.166. The van der Waals surface area contributed by atoms with Crippen LogP contribution in [0.25, 0.3) is 10.9 Å². The maximum absolute atomic E-state index is 12.7. The molecule has 0 saturated carbocycles. The zero-order valence-corrected chi connectivity index (χ0v) is 16.8. The van der Waals surface area contributed by atoms with Crippen molar-refractivity contribution >= 4 is 28.4 Å². The molecule has 0 aliphatic rings. The van der Waals surface area contributed by atoms with Gasteiger partial charge in [-0.1, -0.05) is 17.7 Å². The molecule has 4 aromatic rings. The summed E-state index contributed by atoms with van der Waals surface area (Å²) in [6.45, 7) is 2.27. The molecule has 0 radical (unpaired) electrons. The molecule has 2 heterocycles. The predicted molar refractivity (Wildman–Crippen MR) is 112 cm³/mol. The molecule has 4 rings (SSSR count). The van der Waals surface area contributed by atoms with Crippen LogP contribution in [0.5, 0.6) is 11.5 Å². The minimum Gasteiger partial charge on any atom is -0.456 e. The number of amides is 1. The van der Waals surface area contributed by atoms with Crippen LogP contribution >= 0.6 is 11.6 Å². The predicted octanol–water partition coefficient (Wildman–Crippen LogP) is 4.65. The maximum Gasteiger partial charge on any atom is 0.252 e. The molecule has 146 valence electrons. The standard InChI is InChI=1S/C22H19ClN4O2/c1-14-17(22(28)25-13-16-8-11-26-27(16)2)4-3-5-20(14)29-21-9-10-24-19-12-15(23)6-7-18(19)21/h3-12H,13H2,1-2H3,(H,25,28). The number of carbonyl (C=O) groups is 1. The molecule has 0 aliphatic heterocycles. The van der Waals surface area contributed by atoms with Crippen molar-refractivity contribution in [1.82, 2.24) is 20.1 Å². The molecule has 7 heteroatoms. The molecule has 29 heavy (non-hydrogen) atoms. The van der Waals surface area contributed by atoms with E-state index >= 15 is 0 Å². The number of hydrogen-bond donors (Lipinski definition) is 1. The van der Waals surface area contributed by atoms with E-state index in [2.05, 4.69) is 15.4 Å². The van der Waals surface area contributed by atoms with Crippen LogP contribution in [-0.4, -0.2) is 20.7 Å². The number of carbonyl (C=O) groups excluding carboxylic acids is 1. The number of ether oxygens (including phenoxy) is 1. The van der Waals surface area contributed by atoms with Gasteiger partial charge in [-0.3, -0.25) is 14.5 Å². The van der Waals surface area contributed by atoms with Gasteiger partial charge >= 0.3 is 0 Å². The Hall–Kier alpha value is -3.38. The van der Waals surface area contributed by atoms with E-state index in [0.717, 1.165) is 22.2 Å². The van der Waals surface area contributed by atoms with Crippen molar-refractivity contribution < 1.29 is 9.53 Å². The van der Waals surface area contributed by atoms with Crippen molar-refractivity contribution in [2.45, 2.75) is 13.5 Å². The van der Waals surface area contributed by atoms with Crippen LogP contribution in [0.2, 0.25) is 5.02 Å². The molecule has 0 unspecified atom stereocenters. The third-order valence-electron chi connectivity index (χ3n) is 4.77. The molecule has 0 atom stereocenters. The monoisotopic (exact) mass is 406 g/mol. The van der Waals surface area contributed by atoms with Gasteiger partial charge in [0.25, 0.3) is 5.91 Å². The number of rotatable bonds is 5. The van der Waals surface area contributed by atoms with Crippen molar-refractivity contribution in [3.8, 4) is 11.5 Å². The molecule has 1 amide bonds. The lowest BCUT2D eigenvalue weighted by Gasteiger charge is -2.14. The molecule has 0 saturated heterocycles. The second-order valence-corrected chi connectivity index (χ2v) is 7.07. The Labute approximate surface area is 173 Å². The van der Waals surface area contributed by atoms with E-state index in [1.54, 1.807) is 41.3 Å². The minimum atomic E-state index is -0.166. The van der Waals surface area contributed by atoms with Gasteiger partial charge in [-0.15, -0.1) is 0 Å². The Kier molecular flexibility index (Phi) is 5.18. The SMILES string of the molecule is Cc1c(Oc2ccnc3cc(Cl)ccc23)cccc1C(=O)NCc1ccnn1C. The van der Waals surface area contributed by atoms with Gasteiger partial charge in [-0.25, -0.2) is 0 Å². The van der Waals surface area contributed by atoms with Gasteiger partial charge in [0.05, 0.1) is 17.8 Å². The van der Waals surface area contributed by atoms with Crippen LogP contribution in [0.4, 0.5) is 0 Å². The van der Waals surface area contributed by atoms with Crippen molar-refractivity contribution in [2.24, 2.45) is 7.05 Å². The van der Waals surface area contributed by atoms with E-state index in [9.17, 15) is 4.79 Å². The summed E-state index contributed by atoms with van der Waals surface area (Å²) >= 11 is 6.06. The third-order valence-corrected chi connectivity index (χ3v) is 5.00. The van der Waals surface area contributed by atoms with Gasteiger partial charge in [-0.2, -0.15) is 5.10 Å². The largest absolute Gasteiger partial charge is 0.456 e. The van der Waals surface area contributed by atoms with Crippen LogP contribution < -0.4 is 10.1 Å². The second kappa shape index (κ2) is 7.93. The first-order valence-corrected chi connectivity index (χ1v) is 9.47. The molecule has 0 spiro atoms. The Morgan fingerprint density at radius 2 is 2.00 bits per heavy atom. The molecular formula is C22H19ClN4O2. The number of aryl methyl sites for hydroxylation is 1. The van der Waals surface area contributed by atoms with Crippen LogP contribution in [0.3, 0.4) is 0 Å². The summed E-state index contributed by atoms with van der Waals surface area (Å²) in [5.74, 6) is 1.10. The zero-order chi connectivity index (χ0) is 20.4. The number of pyridine rings is 1. The van der Waals surface area contributed by atoms with Crippen LogP contribution in [0.15, 0.2) is 60.9 Å². The molecular weight excluding hydrogens is 388 g/mol. The van der Waals surface area contributed by atoms with Crippen molar-refractivity contribution in [3.63, 3.8) is 0 Å². The first-order chi connectivity index (χ1) is 14.0. The quantitative estimate of drug-likeness (QED) is 0.523. The highest BCUT2D eigenvalue weighted by atomic mass is 35.5. The normalized spacial score (nSPS) is 10.9. The van der Waals surface area contributed by atoms with Gasteiger partial charge in [0.1, 0.15) is 11.5 Å². The number of aromatic nitrogens is 3. The zero-order valence-electron chi connectivity index (χ0n) is 16.0. The van der Waals surface area contributed by atoms with Gasteiger partial charge in [-0.05, 0) is 49.4 Å². The average Bonchev–Trinajstić information content (AvgIpc) is 3.12. The highest BCUT2D eigenvalue weighted by molar-refractivity contribution is 6.31. The smallest absolute Gasteiger partial charge is 0.252 e. The van der Waals surface area contributed by atoms with Crippen LogP contribution in [0.1, 0.15) is 21.6 Å². The molecule has 2 aromatic carbocycles. The summed E-state index contributed by atoms with van der Waals surface area (Å²) in [6.07, 6.45) is 3.38.